The van der Waals surface area contributed by atoms with E-state index in [1.807, 2.05) is 0 Å². The van der Waals surface area contributed by atoms with E-state index in [0.717, 1.165) is 11.3 Å². The van der Waals surface area contributed by atoms with Crippen molar-refractivity contribution in [2.24, 2.45) is 4.99 Å². The van der Waals surface area contributed by atoms with Crippen LogP contribution in [0.2, 0.25) is 0 Å². The van der Waals surface area contributed by atoms with Crippen molar-refractivity contribution in [3.05, 3.63) is 89.0 Å². The Morgan fingerprint density at radius 2 is 1.94 bits per heavy atom. The van der Waals surface area contributed by atoms with Crippen molar-refractivity contribution in [3.8, 4) is 11.5 Å². The van der Waals surface area contributed by atoms with Gasteiger partial charge in [0.15, 0.2) is 16.3 Å². The minimum atomic E-state index is -0.797. The topological polar surface area (TPSA) is 133 Å². The van der Waals surface area contributed by atoms with Crippen LogP contribution in [0.4, 0.5) is 5.69 Å². The maximum atomic E-state index is 13.3. The number of nitro benzene ring substituents is 1. The summed E-state index contributed by atoms with van der Waals surface area (Å²) in [5.41, 5.74) is 1.33. The highest BCUT2D eigenvalue weighted by Crippen LogP contribution is 2.33. The number of nitro groups is 1. The molecule has 0 bridgehead atoms. The van der Waals surface area contributed by atoms with Crippen LogP contribution in [0.25, 0.3) is 11.8 Å². The van der Waals surface area contributed by atoms with Gasteiger partial charge in [-0.2, -0.15) is 0 Å². The van der Waals surface area contributed by atoms with Crippen molar-refractivity contribution in [1.29, 1.82) is 0 Å². The van der Waals surface area contributed by atoms with Crippen LogP contribution in [0.5, 0.6) is 11.5 Å². The molecule has 0 spiro atoms. The Morgan fingerprint density at radius 1 is 1.22 bits per heavy atom. The number of carbonyl (C=O) groups is 1. The lowest BCUT2D eigenvalue weighted by atomic mass is 9.96. The van der Waals surface area contributed by atoms with Crippen molar-refractivity contribution in [2.75, 3.05) is 13.2 Å². The number of ether oxygens (including phenoxy) is 2. The summed E-state index contributed by atoms with van der Waals surface area (Å²) in [6, 6.07) is 9.75. The fourth-order valence-electron chi connectivity index (χ4n) is 3.88. The Kier molecular flexibility index (Phi) is 7.02. The quantitative estimate of drug-likeness (QED) is 0.294. The van der Waals surface area contributed by atoms with Crippen LogP contribution in [-0.2, 0) is 9.53 Å². The normalized spacial score (nSPS) is 15.3. The minimum absolute atomic E-state index is 0.00464. The summed E-state index contributed by atoms with van der Waals surface area (Å²) in [5.74, 6) is -0.317. The Balaban J connectivity index is 1.89. The minimum Gasteiger partial charge on any atom is -0.504 e. The number of thiazole rings is 1. The van der Waals surface area contributed by atoms with Gasteiger partial charge in [-0.15, -0.1) is 0 Å². The van der Waals surface area contributed by atoms with Crippen LogP contribution in [-0.4, -0.2) is 33.8 Å². The van der Waals surface area contributed by atoms with Gasteiger partial charge in [-0.1, -0.05) is 17.4 Å². The molecular weight excluding hydrogens is 486 g/mol. The SMILES string of the molecule is CCOC(=O)C1=C(C)n2c(s/c(=C\c3ccc(O)c(OCC)c3)c2=O)=N[C@@H]1c1ccc([N+](=O)[O-])cc1. The van der Waals surface area contributed by atoms with Gasteiger partial charge in [0.1, 0.15) is 6.04 Å². The fraction of sp³-hybridized carbons (Fsp3) is 0.240. The Morgan fingerprint density at radius 3 is 2.58 bits per heavy atom. The first kappa shape index (κ1) is 24.9. The van der Waals surface area contributed by atoms with Crippen LogP contribution in [0, 0.1) is 10.1 Å². The number of rotatable bonds is 7. The van der Waals surface area contributed by atoms with Crippen molar-refractivity contribution >= 4 is 34.8 Å². The molecule has 0 amide bonds. The first-order valence-electron chi connectivity index (χ1n) is 11.1. The van der Waals surface area contributed by atoms with Gasteiger partial charge in [0.2, 0.25) is 0 Å². The molecule has 0 fully saturated rings. The second kappa shape index (κ2) is 10.2. The molecule has 0 saturated heterocycles. The molecule has 1 N–H and O–H groups in total. The average molecular weight is 510 g/mol. The van der Waals surface area contributed by atoms with E-state index in [4.69, 9.17) is 9.47 Å². The summed E-state index contributed by atoms with van der Waals surface area (Å²) in [5, 5.41) is 21.0. The van der Waals surface area contributed by atoms with Gasteiger partial charge in [-0.3, -0.25) is 19.5 Å². The van der Waals surface area contributed by atoms with Crippen molar-refractivity contribution in [3.63, 3.8) is 0 Å². The van der Waals surface area contributed by atoms with Gasteiger partial charge in [0.05, 0.1) is 28.2 Å². The number of aromatic nitrogens is 1. The van der Waals surface area contributed by atoms with Gasteiger partial charge in [-0.25, -0.2) is 9.79 Å². The summed E-state index contributed by atoms with van der Waals surface area (Å²) in [4.78, 5) is 41.9. The van der Waals surface area contributed by atoms with E-state index in [-0.39, 0.29) is 29.2 Å². The summed E-state index contributed by atoms with van der Waals surface area (Å²) in [6.45, 7) is 5.63. The maximum absolute atomic E-state index is 13.3. The molecule has 0 radical (unpaired) electrons. The molecular formula is C25H23N3O7S. The number of hydrogen-bond donors (Lipinski definition) is 1. The van der Waals surface area contributed by atoms with Crippen LogP contribution in [0.15, 0.2) is 57.8 Å². The first-order valence-corrected chi connectivity index (χ1v) is 12.0. The molecule has 36 heavy (non-hydrogen) atoms. The zero-order valence-electron chi connectivity index (χ0n) is 19.8. The molecule has 4 rings (SSSR count). The van der Waals surface area contributed by atoms with Crippen molar-refractivity contribution in [1.82, 2.24) is 4.57 Å². The third-order valence-corrected chi connectivity index (χ3v) is 6.52. The molecule has 1 aliphatic heterocycles. The Labute approximate surface area is 209 Å². The molecule has 1 aromatic heterocycles. The van der Waals surface area contributed by atoms with E-state index in [9.17, 15) is 24.8 Å². The number of carbonyl (C=O) groups excluding carboxylic acids is 1. The molecule has 0 saturated carbocycles. The molecule has 1 aliphatic rings. The lowest BCUT2D eigenvalue weighted by molar-refractivity contribution is -0.384. The third-order valence-electron chi connectivity index (χ3n) is 5.54. The van der Waals surface area contributed by atoms with Gasteiger partial charge >= 0.3 is 5.97 Å². The number of nitrogens with zero attached hydrogens (tertiary/aromatic N) is 3. The number of aromatic hydroxyl groups is 1. The van der Waals surface area contributed by atoms with Gasteiger partial charge in [-0.05, 0) is 62.2 Å². The zero-order valence-corrected chi connectivity index (χ0v) is 20.6. The highest BCUT2D eigenvalue weighted by atomic mass is 32.1. The maximum Gasteiger partial charge on any atom is 0.338 e. The lowest BCUT2D eigenvalue weighted by Crippen LogP contribution is -2.35. The van der Waals surface area contributed by atoms with Crippen LogP contribution < -0.4 is 19.6 Å². The third kappa shape index (κ3) is 4.65. The molecule has 186 valence electrons. The number of phenolic OH excluding ortho intramolecular Hbond substituents is 1. The van der Waals surface area contributed by atoms with Gasteiger partial charge in [0.25, 0.3) is 11.2 Å². The number of non-ortho nitro benzene ring substituents is 1. The number of esters is 1. The molecule has 11 heteroatoms. The van der Waals surface area contributed by atoms with Crippen LogP contribution >= 0.6 is 11.3 Å². The summed E-state index contributed by atoms with van der Waals surface area (Å²) < 4.78 is 12.4. The zero-order chi connectivity index (χ0) is 26.0. The monoisotopic (exact) mass is 509 g/mol. The summed E-state index contributed by atoms with van der Waals surface area (Å²) in [6.07, 6.45) is 1.66. The number of phenols is 1. The number of hydrogen-bond acceptors (Lipinski definition) is 9. The molecule has 2 aromatic carbocycles. The Bertz CT molecular complexity index is 1550. The van der Waals surface area contributed by atoms with Gasteiger partial charge < -0.3 is 14.6 Å². The molecule has 10 nitrogen and oxygen atoms in total. The lowest BCUT2D eigenvalue weighted by Gasteiger charge is -2.22. The van der Waals surface area contributed by atoms with E-state index >= 15 is 0 Å². The van der Waals surface area contributed by atoms with Gasteiger partial charge in [0, 0.05) is 17.8 Å². The number of benzene rings is 2. The van der Waals surface area contributed by atoms with Crippen molar-refractivity contribution in [2.45, 2.75) is 26.8 Å². The summed E-state index contributed by atoms with van der Waals surface area (Å²) >= 11 is 1.15. The summed E-state index contributed by atoms with van der Waals surface area (Å²) in [7, 11) is 0. The molecule has 3 aromatic rings. The number of fused-ring (bicyclic) bond motifs is 1. The highest BCUT2D eigenvalue weighted by Gasteiger charge is 2.31. The second-order valence-electron chi connectivity index (χ2n) is 7.79. The van der Waals surface area contributed by atoms with E-state index in [1.54, 1.807) is 51.1 Å². The Hall–Kier alpha value is -4.25. The van der Waals surface area contributed by atoms with E-state index in [1.165, 1.54) is 22.8 Å². The van der Waals surface area contributed by atoms with Crippen molar-refractivity contribution < 1.29 is 24.3 Å². The largest absolute Gasteiger partial charge is 0.504 e. The predicted molar refractivity (Wildman–Crippen MR) is 134 cm³/mol. The predicted octanol–water partition coefficient (Wildman–Crippen LogP) is 2.92. The number of allylic oxidation sites excluding steroid dienone is 1. The van der Waals surface area contributed by atoms with Crippen LogP contribution in [0.1, 0.15) is 37.9 Å². The average Bonchev–Trinajstić information content (AvgIpc) is 3.16. The highest BCUT2D eigenvalue weighted by molar-refractivity contribution is 7.07. The second-order valence-corrected chi connectivity index (χ2v) is 8.80. The smallest absolute Gasteiger partial charge is 0.338 e. The molecule has 2 heterocycles. The van der Waals surface area contributed by atoms with E-state index in [2.05, 4.69) is 4.99 Å². The molecule has 1 atom stereocenters. The molecule has 0 unspecified atom stereocenters. The van der Waals surface area contributed by atoms with Crippen LogP contribution in [0.3, 0.4) is 0 Å². The molecule has 0 aliphatic carbocycles. The standard InChI is InChI=1S/C25H23N3O7S/c1-4-34-19-12-15(6-11-18(19)29)13-20-23(30)27-14(3)21(24(31)35-5-2)22(26-25(27)36-20)16-7-9-17(10-8-16)28(32)33/h6-13,22,29H,4-5H2,1-3H3/b20-13-/t22-/m1/s1. The first-order chi connectivity index (χ1) is 17.2. The van der Waals surface area contributed by atoms with E-state index in [0.29, 0.717) is 38.5 Å². The fourth-order valence-corrected chi connectivity index (χ4v) is 4.92. The van der Waals surface area contributed by atoms with E-state index < -0.39 is 16.9 Å².